The Hall–Kier alpha value is -2.67. The Morgan fingerprint density at radius 1 is 0.919 bits per heavy atom. The highest BCUT2D eigenvalue weighted by molar-refractivity contribution is 5.97. The van der Waals surface area contributed by atoms with E-state index in [1.54, 1.807) is 0 Å². The lowest BCUT2D eigenvalue weighted by molar-refractivity contribution is -0.117. The van der Waals surface area contributed by atoms with Crippen molar-refractivity contribution in [3.8, 4) is 22.8 Å². The number of aromatic nitrogens is 2. The maximum absolute atomic E-state index is 12.8. The monoisotopic (exact) mass is 506 g/mol. The van der Waals surface area contributed by atoms with E-state index < -0.39 is 0 Å². The fourth-order valence-electron chi connectivity index (χ4n) is 5.77. The molecule has 0 bridgehead atoms. The van der Waals surface area contributed by atoms with Crippen LogP contribution in [0.15, 0.2) is 24.3 Å². The number of hydrogen-bond acceptors (Lipinski definition) is 6. The zero-order valence-electron chi connectivity index (χ0n) is 22.6. The first-order valence-electron chi connectivity index (χ1n) is 14.4. The van der Waals surface area contributed by atoms with Crippen LogP contribution in [0.2, 0.25) is 0 Å². The topological polar surface area (TPSA) is 67.8 Å². The van der Waals surface area contributed by atoms with E-state index in [0.717, 1.165) is 99.3 Å². The quantitative estimate of drug-likeness (QED) is 0.428. The van der Waals surface area contributed by atoms with Crippen molar-refractivity contribution >= 4 is 11.6 Å². The number of aryl methyl sites for hydroxylation is 1. The van der Waals surface area contributed by atoms with E-state index >= 15 is 0 Å². The number of rotatable bonds is 9. The smallest absolute Gasteiger partial charge is 0.234 e. The van der Waals surface area contributed by atoms with Crippen LogP contribution in [0.1, 0.15) is 83.2 Å². The van der Waals surface area contributed by atoms with E-state index in [1.807, 2.05) is 4.90 Å². The number of piperidine rings is 1. The second-order valence-corrected chi connectivity index (χ2v) is 11.0. The van der Waals surface area contributed by atoms with Crippen LogP contribution in [0.3, 0.4) is 0 Å². The Kier molecular flexibility index (Phi) is 8.59. The Balaban J connectivity index is 1.47. The van der Waals surface area contributed by atoms with Crippen LogP contribution in [-0.4, -0.2) is 59.9 Å². The second kappa shape index (κ2) is 12.2. The van der Waals surface area contributed by atoms with Gasteiger partial charge in [-0.25, -0.2) is 0 Å². The molecule has 37 heavy (non-hydrogen) atoms. The molecule has 3 aliphatic rings. The maximum atomic E-state index is 12.8. The summed E-state index contributed by atoms with van der Waals surface area (Å²) in [5.74, 6) is 1.59. The van der Waals surface area contributed by atoms with Crippen LogP contribution in [0.4, 0.5) is 5.69 Å². The van der Waals surface area contributed by atoms with Gasteiger partial charge in [-0.1, -0.05) is 25.8 Å². The predicted octanol–water partition coefficient (Wildman–Crippen LogP) is 5.80. The summed E-state index contributed by atoms with van der Waals surface area (Å²) >= 11 is 0. The van der Waals surface area contributed by atoms with E-state index in [0.29, 0.717) is 12.3 Å². The highest BCUT2D eigenvalue weighted by Crippen LogP contribution is 2.39. The Morgan fingerprint density at radius 3 is 2.43 bits per heavy atom. The molecule has 0 radical (unpaired) electrons. The normalized spacial score (nSPS) is 19.9. The fourth-order valence-corrected chi connectivity index (χ4v) is 5.77. The van der Waals surface area contributed by atoms with E-state index in [1.165, 1.54) is 19.3 Å². The van der Waals surface area contributed by atoms with Gasteiger partial charge in [0.15, 0.2) is 0 Å². The molecule has 0 unspecified atom stereocenters. The summed E-state index contributed by atoms with van der Waals surface area (Å²) in [5, 5.41) is 9.10. The number of benzene rings is 1. The van der Waals surface area contributed by atoms with Gasteiger partial charge < -0.3 is 19.3 Å². The highest BCUT2D eigenvalue weighted by Gasteiger charge is 2.27. The van der Waals surface area contributed by atoms with Crippen molar-refractivity contribution in [1.29, 1.82) is 0 Å². The molecule has 0 spiro atoms. The van der Waals surface area contributed by atoms with E-state index in [2.05, 4.69) is 53.3 Å². The number of amides is 1. The molecule has 2 aliphatic heterocycles. The molecule has 3 fully saturated rings. The lowest BCUT2D eigenvalue weighted by Gasteiger charge is -2.29. The van der Waals surface area contributed by atoms with Crippen molar-refractivity contribution in [3.63, 3.8) is 0 Å². The zero-order valence-corrected chi connectivity index (χ0v) is 22.6. The highest BCUT2D eigenvalue weighted by atomic mass is 16.5. The minimum atomic E-state index is 0.170. The molecule has 3 heterocycles. The average molecular weight is 507 g/mol. The minimum absolute atomic E-state index is 0.170. The number of anilines is 1. The molecular weight excluding hydrogens is 464 g/mol. The largest absolute Gasteiger partial charge is 0.488 e. The molecule has 1 amide bonds. The maximum Gasteiger partial charge on any atom is 0.234 e. The summed E-state index contributed by atoms with van der Waals surface area (Å²) in [5.41, 5.74) is 3.96. The van der Waals surface area contributed by atoms with Crippen LogP contribution >= 0.6 is 0 Å². The molecular formula is C30H42N4O3. The number of carbonyl (C=O) groups excluding carboxylic acids is 1. The molecule has 2 aromatic rings. The summed E-state index contributed by atoms with van der Waals surface area (Å²) in [7, 11) is 2.15. The van der Waals surface area contributed by atoms with Gasteiger partial charge in [0.2, 0.25) is 11.8 Å². The van der Waals surface area contributed by atoms with Crippen molar-refractivity contribution < 1.29 is 14.3 Å². The van der Waals surface area contributed by atoms with Gasteiger partial charge >= 0.3 is 0 Å². The van der Waals surface area contributed by atoms with Crippen molar-refractivity contribution in [2.45, 2.75) is 96.2 Å². The fraction of sp³-hybridized carbons (Fsp3) is 0.633. The van der Waals surface area contributed by atoms with Crippen molar-refractivity contribution in [3.05, 3.63) is 30.0 Å². The van der Waals surface area contributed by atoms with E-state index in [4.69, 9.17) is 9.47 Å². The summed E-state index contributed by atoms with van der Waals surface area (Å²) in [6.07, 6.45) is 12.8. The number of likely N-dealkylation sites (tertiary alicyclic amines) is 1. The average Bonchev–Trinajstić information content (AvgIpc) is 3.35. The van der Waals surface area contributed by atoms with Crippen molar-refractivity contribution in [2.24, 2.45) is 0 Å². The number of unbranched alkanes of at least 4 members (excludes halogenated alkanes) is 1. The summed E-state index contributed by atoms with van der Waals surface area (Å²) in [4.78, 5) is 17.0. The van der Waals surface area contributed by atoms with Gasteiger partial charge in [0.25, 0.3) is 0 Å². The van der Waals surface area contributed by atoms with Gasteiger partial charge in [0.1, 0.15) is 11.9 Å². The SMILES string of the molecule is CCCCc1nnc(OC2CCN(C)CC2)cc1-c1ccc(OC2CCCCC2)c(N2CCCC2=O)c1. The Bertz CT molecular complexity index is 1060. The second-order valence-electron chi connectivity index (χ2n) is 11.0. The zero-order chi connectivity index (χ0) is 25.6. The van der Waals surface area contributed by atoms with Crippen LogP contribution < -0.4 is 14.4 Å². The van der Waals surface area contributed by atoms with E-state index in [-0.39, 0.29) is 18.1 Å². The molecule has 0 N–H and O–H groups in total. The third kappa shape index (κ3) is 6.43. The summed E-state index contributed by atoms with van der Waals surface area (Å²) in [6, 6.07) is 8.37. The van der Waals surface area contributed by atoms with Crippen molar-refractivity contribution in [1.82, 2.24) is 15.1 Å². The molecule has 1 aromatic carbocycles. The van der Waals surface area contributed by atoms with Gasteiger partial charge in [0.05, 0.1) is 17.5 Å². The third-order valence-corrected chi connectivity index (χ3v) is 8.05. The van der Waals surface area contributed by atoms with Crippen molar-refractivity contribution in [2.75, 3.05) is 31.6 Å². The van der Waals surface area contributed by atoms with Gasteiger partial charge in [-0.3, -0.25) is 4.79 Å². The van der Waals surface area contributed by atoms with Crippen LogP contribution in [0, 0.1) is 0 Å². The number of nitrogens with zero attached hydrogens (tertiary/aromatic N) is 4. The van der Waals surface area contributed by atoms with Gasteiger partial charge in [-0.05, 0) is 82.5 Å². The van der Waals surface area contributed by atoms with Crippen LogP contribution in [-0.2, 0) is 11.2 Å². The summed E-state index contributed by atoms with van der Waals surface area (Å²) in [6.45, 7) is 5.01. The number of carbonyl (C=O) groups is 1. The Labute approximate surface area is 221 Å². The molecule has 1 saturated carbocycles. The molecule has 0 atom stereocenters. The minimum Gasteiger partial charge on any atom is -0.488 e. The standard InChI is InChI=1S/C30H42N4O3/c1-3-4-11-26-25(21-29(32-31-26)37-24-15-18-33(2)19-16-24)22-13-14-28(36-23-9-6-5-7-10-23)27(20-22)34-17-8-12-30(34)35/h13-14,20-21,23-24H,3-12,15-19H2,1-2H3. The molecule has 2 saturated heterocycles. The molecule has 7 nitrogen and oxygen atoms in total. The predicted molar refractivity (Wildman–Crippen MR) is 146 cm³/mol. The first-order valence-corrected chi connectivity index (χ1v) is 14.4. The van der Waals surface area contributed by atoms with Gasteiger partial charge in [0, 0.05) is 37.7 Å². The van der Waals surface area contributed by atoms with Gasteiger partial charge in [-0.15, -0.1) is 5.10 Å². The number of hydrogen-bond donors (Lipinski definition) is 0. The molecule has 200 valence electrons. The molecule has 5 rings (SSSR count). The first-order chi connectivity index (χ1) is 18.1. The van der Waals surface area contributed by atoms with Gasteiger partial charge in [-0.2, -0.15) is 5.10 Å². The lowest BCUT2D eigenvalue weighted by atomic mass is 9.97. The number of ether oxygens (including phenoxy) is 2. The molecule has 1 aromatic heterocycles. The van der Waals surface area contributed by atoms with Crippen LogP contribution in [0.25, 0.3) is 11.1 Å². The Morgan fingerprint density at radius 2 is 1.70 bits per heavy atom. The molecule has 7 heteroatoms. The van der Waals surface area contributed by atoms with Crippen LogP contribution in [0.5, 0.6) is 11.6 Å². The summed E-state index contributed by atoms with van der Waals surface area (Å²) < 4.78 is 12.8. The lowest BCUT2D eigenvalue weighted by Crippen LogP contribution is -2.35. The van der Waals surface area contributed by atoms with E-state index in [9.17, 15) is 4.79 Å². The molecule has 1 aliphatic carbocycles. The first kappa shape index (κ1) is 26.0. The third-order valence-electron chi connectivity index (χ3n) is 8.05.